The summed E-state index contributed by atoms with van der Waals surface area (Å²) >= 11 is 0. The van der Waals surface area contributed by atoms with Gasteiger partial charge in [0.25, 0.3) is 5.56 Å². The lowest BCUT2D eigenvalue weighted by Crippen LogP contribution is -2.39. The Labute approximate surface area is 110 Å². The Morgan fingerprint density at radius 2 is 1.84 bits per heavy atom. The van der Waals surface area contributed by atoms with E-state index in [9.17, 15) is 9.59 Å². The van der Waals surface area contributed by atoms with Gasteiger partial charge in [-0.05, 0) is 26.3 Å². The number of nitrogens with two attached hydrogens (primary N) is 1. The van der Waals surface area contributed by atoms with E-state index in [4.69, 9.17) is 5.73 Å². The van der Waals surface area contributed by atoms with Gasteiger partial charge in [0.15, 0.2) is 11.2 Å². The van der Waals surface area contributed by atoms with E-state index < -0.39 is 0 Å². The summed E-state index contributed by atoms with van der Waals surface area (Å²) in [6, 6.07) is 0. The Balaban J connectivity index is 2.68. The van der Waals surface area contributed by atoms with Crippen LogP contribution in [0, 0.1) is 6.92 Å². The van der Waals surface area contributed by atoms with E-state index in [1.807, 2.05) is 6.92 Å². The van der Waals surface area contributed by atoms with Crippen molar-refractivity contribution in [1.82, 2.24) is 18.7 Å². The van der Waals surface area contributed by atoms with Crippen LogP contribution in [0.1, 0.15) is 18.7 Å². The number of aromatic nitrogens is 4. The maximum absolute atomic E-state index is 12.4. The van der Waals surface area contributed by atoms with Crippen LogP contribution in [0.3, 0.4) is 0 Å². The first kappa shape index (κ1) is 13.5. The number of hydrogen-bond donors (Lipinski definition) is 1. The summed E-state index contributed by atoms with van der Waals surface area (Å²) in [6.07, 6.45) is 1.51. The summed E-state index contributed by atoms with van der Waals surface area (Å²) in [7, 11) is 3.41. The fraction of sp³-hybridized carbons (Fsp3) is 0.583. The third kappa shape index (κ3) is 2.10. The lowest BCUT2D eigenvalue weighted by atomic mass is 10.3. The second-order valence-corrected chi connectivity index (χ2v) is 4.68. The highest BCUT2D eigenvalue weighted by molar-refractivity contribution is 5.70. The molecular weight excluding hydrogens is 246 g/mol. The molecule has 0 aliphatic carbocycles. The molecule has 0 radical (unpaired) electrons. The summed E-state index contributed by atoms with van der Waals surface area (Å²) < 4.78 is 4.40. The molecule has 0 fully saturated rings. The summed E-state index contributed by atoms with van der Waals surface area (Å²) in [5, 5.41) is 0. The van der Waals surface area contributed by atoms with Crippen molar-refractivity contribution in [3.8, 4) is 0 Å². The van der Waals surface area contributed by atoms with Gasteiger partial charge in [-0.2, -0.15) is 0 Å². The lowest BCUT2D eigenvalue weighted by Gasteiger charge is -2.08. The molecule has 0 aliphatic rings. The van der Waals surface area contributed by atoms with Crippen molar-refractivity contribution in [2.45, 2.75) is 26.3 Å². The van der Waals surface area contributed by atoms with Crippen LogP contribution in [0.4, 0.5) is 0 Å². The maximum atomic E-state index is 12.4. The van der Waals surface area contributed by atoms with Crippen molar-refractivity contribution in [2.24, 2.45) is 19.8 Å². The van der Waals surface area contributed by atoms with Crippen LogP contribution in [0.25, 0.3) is 11.2 Å². The summed E-state index contributed by atoms with van der Waals surface area (Å²) in [5.74, 6) is 0.710. The van der Waals surface area contributed by atoms with Gasteiger partial charge in [-0.25, -0.2) is 9.78 Å². The smallest absolute Gasteiger partial charge is 0.330 e. The zero-order valence-electron chi connectivity index (χ0n) is 11.5. The van der Waals surface area contributed by atoms with Crippen LogP contribution in [-0.4, -0.2) is 25.2 Å². The van der Waals surface area contributed by atoms with Gasteiger partial charge in [-0.15, -0.1) is 0 Å². The van der Waals surface area contributed by atoms with Gasteiger partial charge >= 0.3 is 5.69 Å². The van der Waals surface area contributed by atoms with Gasteiger partial charge in [-0.1, -0.05) is 0 Å². The molecule has 2 heterocycles. The quantitative estimate of drug-likeness (QED) is 0.754. The first-order chi connectivity index (χ1) is 8.99. The summed E-state index contributed by atoms with van der Waals surface area (Å²) in [6.45, 7) is 2.76. The molecule has 19 heavy (non-hydrogen) atoms. The second-order valence-electron chi connectivity index (χ2n) is 4.68. The molecule has 0 saturated heterocycles. The molecular formula is C12H19N5O2. The minimum atomic E-state index is -0.326. The van der Waals surface area contributed by atoms with Crippen LogP contribution in [0.15, 0.2) is 9.59 Å². The SMILES string of the molecule is Cc1nc2c(c(=O)n(CCCCN)c(=O)n2C)n1C. The van der Waals surface area contributed by atoms with Gasteiger partial charge in [0, 0.05) is 20.6 Å². The minimum absolute atomic E-state index is 0.279. The van der Waals surface area contributed by atoms with Crippen molar-refractivity contribution < 1.29 is 0 Å². The maximum Gasteiger partial charge on any atom is 0.332 e. The third-order valence-corrected chi connectivity index (χ3v) is 3.42. The Bertz CT molecular complexity index is 722. The van der Waals surface area contributed by atoms with E-state index in [-0.39, 0.29) is 11.2 Å². The summed E-state index contributed by atoms with van der Waals surface area (Å²) in [4.78, 5) is 28.8. The standard InChI is InChI=1S/C12H19N5O2/c1-8-14-10-9(15(8)2)11(18)17(7-5-4-6-13)12(19)16(10)3/h4-7,13H2,1-3H3. The van der Waals surface area contributed by atoms with E-state index in [1.165, 1.54) is 9.13 Å². The number of imidazole rings is 1. The van der Waals surface area contributed by atoms with Crippen molar-refractivity contribution in [3.63, 3.8) is 0 Å². The first-order valence-corrected chi connectivity index (χ1v) is 6.32. The summed E-state index contributed by atoms with van der Waals surface area (Å²) in [5.41, 5.74) is 5.73. The van der Waals surface area contributed by atoms with Crippen LogP contribution in [0.2, 0.25) is 0 Å². The molecule has 104 valence electrons. The molecule has 7 nitrogen and oxygen atoms in total. The van der Waals surface area contributed by atoms with Gasteiger partial charge < -0.3 is 10.3 Å². The van der Waals surface area contributed by atoms with Crippen molar-refractivity contribution in [2.75, 3.05) is 6.54 Å². The Hall–Kier alpha value is -1.89. The molecule has 0 amide bonds. The molecule has 0 atom stereocenters. The topological polar surface area (TPSA) is 87.8 Å². The highest BCUT2D eigenvalue weighted by Gasteiger charge is 2.16. The largest absolute Gasteiger partial charge is 0.332 e. The zero-order valence-corrected chi connectivity index (χ0v) is 11.5. The minimum Gasteiger partial charge on any atom is -0.330 e. The zero-order chi connectivity index (χ0) is 14.2. The van der Waals surface area contributed by atoms with Crippen molar-refractivity contribution >= 4 is 11.2 Å². The normalized spacial score (nSPS) is 11.4. The van der Waals surface area contributed by atoms with Crippen molar-refractivity contribution in [3.05, 3.63) is 26.7 Å². The van der Waals surface area contributed by atoms with E-state index >= 15 is 0 Å². The number of unbranched alkanes of at least 4 members (excludes halogenated alkanes) is 1. The van der Waals surface area contributed by atoms with E-state index in [0.29, 0.717) is 36.5 Å². The molecule has 2 rings (SSSR count). The van der Waals surface area contributed by atoms with E-state index in [2.05, 4.69) is 4.98 Å². The van der Waals surface area contributed by atoms with E-state index in [0.717, 1.165) is 6.42 Å². The Morgan fingerprint density at radius 1 is 1.16 bits per heavy atom. The Kier molecular flexibility index (Phi) is 3.57. The van der Waals surface area contributed by atoms with Crippen LogP contribution >= 0.6 is 0 Å². The number of rotatable bonds is 4. The van der Waals surface area contributed by atoms with Crippen LogP contribution in [-0.2, 0) is 20.6 Å². The third-order valence-electron chi connectivity index (χ3n) is 3.42. The van der Waals surface area contributed by atoms with Crippen LogP contribution in [0.5, 0.6) is 0 Å². The molecule has 2 N–H and O–H groups in total. The number of fused-ring (bicyclic) bond motifs is 1. The van der Waals surface area contributed by atoms with Gasteiger partial charge in [0.05, 0.1) is 0 Å². The van der Waals surface area contributed by atoms with Crippen molar-refractivity contribution in [1.29, 1.82) is 0 Å². The van der Waals surface area contributed by atoms with E-state index in [1.54, 1.807) is 18.7 Å². The average molecular weight is 265 g/mol. The molecule has 0 bridgehead atoms. The predicted octanol–water partition coefficient (Wildman–Crippen LogP) is -0.519. The fourth-order valence-corrected chi connectivity index (χ4v) is 2.16. The predicted molar refractivity (Wildman–Crippen MR) is 73.2 cm³/mol. The molecule has 0 aliphatic heterocycles. The highest BCUT2D eigenvalue weighted by atomic mass is 16.2. The first-order valence-electron chi connectivity index (χ1n) is 6.32. The monoisotopic (exact) mass is 265 g/mol. The number of hydrogen-bond acceptors (Lipinski definition) is 4. The fourth-order valence-electron chi connectivity index (χ4n) is 2.16. The molecule has 0 saturated carbocycles. The molecule has 2 aromatic heterocycles. The molecule has 0 aromatic carbocycles. The second kappa shape index (κ2) is 5.00. The molecule has 7 heteroatoms. The average Bonchev–Trinajstić information content (AvgIpc) is 2.68. The lowest BCUT2D eigenvalue weighted by molar-refractivity contribution is 0.556. The number of nitrogens with zero attached hydrogens (tertiary/aromatic N) is 4. The molecule has 2 aromatic rings. The molecule has 0 spiro atoms. The van der Waals surface area contributed by atoms with Crippen LogP contribution < -0.4 is 17.0 Å². The van der Waals surface area contributed by atoms with Gasteiger partial charge in [-0.3, -0.25) is 13.9 Å². The Morgan fingerprint density at radius 3 is 2.47 bits per heavy atom. The highest BCUT2D eigenvalue weighted by Crippen LogP contribution is 2.07. The van der Waals surface area contributed by atoms with Gasteiger partial charge in [0.1, 0.15) is 5.82 Å². The molecule has 0 unspecified atom stereocenters. The van der Waals surface area contributed by atoms with Gasteiger partial charge in [0.2, 0.25) is 0 Å². The number of aryl methyl sites for hydroxylation is 3.